The summed E-state index contributed by atoms with van der Waals surface area (Å²) in [5.74, 6) is 0.0234. The number of benzene rings is 1. The maximum Gasteiger partial charge on any atom is 0.308 e. The molecule has 0 spiro atoms. The van der Waals surface area contributed by atoms with Gasteiger partial charge in [0.1, 0.15) is 17.1 Å². The van der Waals surface area contributed by atoms with E-state index in [1.807, 2.05) is 0 Å². The molecule has 1 aromatic carbocycles. The van der Waals surface area contributed by atoms with E-state index >= 15 is 0 Å². The molecule has 128 valence electrons. The maximum absolute atomic E-state index is 11.4. The third-order valence-electron chi connectivity index (χ3n) is 3.78. The van der Waals surface area contributed by atoms with Gasteiger partial charge >= 0.3 is 5.97 Å². The maximum atomic E-state index is 11.4. The minimum atomic E-state index is -0.423. The Kier molecular flexibility index (Phi) is 5.85. The van der Waals surface area contributed by atoms with Crippen LogP contribution in [0.3, 0.4) is 0 Å². The Morgan fingerprint density at radius 2 is 2.00 bits per heavy atom. The van der Waals surface area contributed by atoms with Crippen molar-refractivity contribution < 1.29 is 19.1 Å². The summed E-state index contributed by atoms with van der Waals surface area (Å²) in [6.07, 6.45) is 8.23. The van der Waals surface area contributed by atoms with Crippen molar-refractivity contribution in [2.75, 3.05) is 0 Å². The average Bonchev–Trinajstić information content (AvgIpc) is 2.93. The number of esters is 1. The highest BCUT2D eigenvalue weighted by Gasteiger charge is 2.17. The molecule has 24 heavy (non-hydrogen) atoms. The Morgan fingerprint density at radius 3 is 2.67 bits per heavy atom. The number of rotatable bonds is 6. The van der Waals surface area contributed by atoms with Crippen molar-refractivity contribution in [3.05, 3.63) is 47.3 Å². The van der Waals surface area contributed by atoms with Crippen molar-refractivity contribution in [1.82, 2.24) is 0 Å². The number of carbonyl (C=O) groups excluding carboxylic acids is 1. The van der Waals surface area contributed by atoms with E-state index in [2.05, 4.69) is 32.9 Å². The summed E-state index contributed by atoms with van der Waals surface area (Å²) in [6, 6.07) is 3.30. The lowest BCUT2D eigenvalue weighted by molar-refractivity contribution is -0.131. The number of ether oxygens (including phenoxy) is 1. The fourth-order valence-corrected chi connectivity index (χ4v) is 2.53. The summed E-state index contributed by atoms with van der Waals surface area (Å²) in [7, 11) is 0. The molecule has 0 bridgehead atoms. The number of fused-ring (bicyclic) bond motifs is 1. The van der Waals surface area contributed by atoms with Crippen molar-refractivity contribution in [2.24, 2.45) is 0 Å². The van der Waals surface area contributed by atoms with E-state index in [1.54, 1.807) is 12.1 Å². The van der Waals surface area contributed by atoms with E-state index in [4.69, 9.17) is 9.15 Å². The third-order valence-corrected chi connectivity index (χ3v) is 3.78. The molecule has 0 aliphatic carbocycles. The van der Waals surface area contributed by atoms with Gasteiger partial charge in [-0.15, -0.1) is 0 Å². The van der Waals surface area contributed by atoms with Crippen molar-refractivity contribution in [3.8, 4) is 11.5 Å². The van der Waals surface area contributed by atoms with Gasteiger partial charge in [0.15, 0.2) is 0 Å². The Hall–Kier alpha value is -2.49. The quantitative estimate of drug-likeness (QED) is 0.444. The molecule has 2 rings (SSSR count). The molecule has 1 heterocycles. The lowest BCUT2D eigenvalue weighted by Gasteiger charge is -2.11. The van der Waals surface area contributed by atoms with Gasteiger partial charge in [-0.25, -0.2) is 0 Å². The highest BCUT2D eigenvalue weighted by atomic mass is 16.5. The fraction of sp³-hybridized carbons (Fsp3) is 0.350. The number of phenolic OH excluding ortho intramolecular Hbond substituents is 1. The van der Waals surface area contributed by atoms with E-state index in [0.29, 0.717) is 28.7 Å². The third kappa shape index (κ3) is 4.51. The lowest BCUT2D eigenvalue weighted by Crippen LogP contribution is -2.04. The van der Waals surface area contributed by atoms with Crippen LogP contribution in [0.5, 0.6) is 11.5 Å². The van der Waals surface area contributed by atoms with Gasteiger partial charge in [0, 0.05) is 18.6 Å². The summed E-state index contributed by atoms with van der Waals surface area (Å²) < 4.78 is 10.6. The van der Waals surface area contributed by atoms with E-state index in [1.165, 1.54) is 24.3 Å². The van der Waals surface area contributed by atoms with Crippen molar-refractivity contribution >= 4 is 16.9 Å². The molecule has 0 saturated carbocycles. The minimum Gasteiger partial charge on any atom is -0.507 e. The number of hydrogen-bond donors (Lipinski definition) is 1. The number of hydrogen-bond acceptors (Lipinski definition) is 4. The molecular formula is C20H24O4. The topological polar surface area (TPSA) is 59.7 Å². The molecule has 0 unspecified atom stereocenters. The first-order valence-electron chi connectivity index (χ1n) is 8.08. The summed E-state index contributed by atoms with van der Waals surface area (Å²) in [5, 5.41) is 11.0. The van der Waals surface area contributed by atoms with Gasteiger partial charge in [0.25, 0.3) is 0 Å². The highest BCUT2D eigenvalue weighted by molar-refractivity contribution is 5.90. The minimum absolute atomic E-state index is 0.0713. The van der Waals surface area contributed by atoms with Crippen molar-refractivity contribution in [3.63, 3.8) is 0 Å². The van der Waals surface area contributed by atoms with Crippen LogP contribution in [0.15, 0.2) is 46.1 Å². The Morgan fingerprint density at radius 1 is 1.25 bits per heavy atom. The second-order valence-corrected chi connectivity index (χ2v) is 6.20. The second kappa shape index (κ2) is 7.86. The van der Waals surface area contributed by atoms with Crippen LogP contribution in [0.4, 0.5) is 0 Å². The number of carbonyl (C=O) groups is 1. The van der Waals surface area contributed by atoms with Gasteiger partial charge in [-0.2, -0.15) is 0 Å². The molecule has 0 amide bonds. The van der Waals surface area contributed by atoms with E-state index in [-0.39, 0.29) is 5.75 Å². The van der Waals surface area contributed by atoms with Crippen LogP contribution in [0.25, 0.3) is 11.0 Å². The standard InChI is InChI=1S/C20H24O4/c1-13(2)6-5-7-14(3)8-9-16-18(22)12-19-17(10-11-23-19)20(16)24-15(4)21/h6,8,10-12,22H,5,7,9H2,1-4H3. The molecule has 0 fully saturated rings. The van der Waals surface area contributed by atoms with Crippen LogP contribution >= 0.6 is 0 Å². The molecule has 0 aliphatic heterocycles. The summed E-state index contributed by atoms with van der Waals surface area (Å²) in [5.41, 5.74) is 3.63. The van der Waals surface area contributed by atoms with Crippen LogP contribution in [0.1, 0.15) is 46.1 Å². The first-order valence-corrected chi connectivity index (χ1v) is 8.08. The van der Waals surface area contributed by atoms with Gasteiger partial charge in [0.05, 0.1) is 11.6 Å². The van der Waals surface area contributed by atoms with E-state index in [0.717, 1.165) is 12.8 Å². The number of phenols is 1. The van der Waals surface area contributed by atoms with Gasteiger partial charge in [0.2, 0.25) is 0 Å². The molecule has 1 aromatic heterocycles. The summed E-state index contributed by atoms with van der Waals surface area (Å²) in [4.78, 5) is 11.4. The predicted octanol–water partition coefficient (Wildman–Crippen LogP) is 5.30. The molecular weight excluding hydrogens is 304 g/mol. The normalized spacial score (nSPS) is 11.6. The van der Waals surface area contributed by atoms with Crippen LogP contribution in [-0.2, 0) is 11.2 Å². The Labute approximate surface area is 142 Å². The molecule has 0 aliphatic rings. The van der Waals surface area contributed by atoms with Gasteiger partial charge in [-0.1, -0.05) is 23.3 Å². The average molecular weight is 328 g/mol. The summed E-state index contributed by atoms with van der Waals surface area (Å²) in [6.45, 7) is 7.59. The molecule has 4 nitrogen and oxygen atoms in total. The molecule has 0 saturated heterocycles. The first-order chi connectivity index (χ1) is 11.4. The first kappa shape index (κ1) is 17.9. The van der Waals surface area contributed by atoms with Crippen LogP contribution < -0.4 is 4.74 Å². The highest BCUT2D eigenvalue weighted by Crippen LogP contribution is 2.38. The monoisotopic (exact) mass is 328 g/mol. The largest absolute Gasteiger partial charge is 0.507 e. The fourth-order valence-electron chi connectivity index (χ4n) is 2.53. The van der Waals surface area contributed by atoms with Crippen molar-refractivity contribution in [2.45, 2.75) is 47.0 Å². The molecule has 1 N–H and O–H groups in total. The van der Waals surface area contributed by atoms with E-state index < -0.39 is 5.97 Å². The van der Waals surface area contributed by atoms with E-state index in [9.17, 15) is 9.90 Å². The number of aromatic hydroxyl groups is 1. The molecule has 4 heteroatoms. The Balaban J connectivity index is 2.28. The van der Waals surface area contributed by atoms with Gasteiger partial charge < -0.3 is 14.3 Å². The van der Waals surface area contributed by atoms with Crippen molar-refractivity contribution in [1.29, 1.82) is 0 Å². The smallest absolute Gasteiger partial charge is 0.308 e. The zero-order valence-electron chi connectivity index (χ0n) is 14.7. The summed E-state index contributed by atoms with van der Waals surface area (Å²) >= 11 is 0. The molecule has 2 aromatic rings. The zero-order valence-corrected chi connectivity index (χ0v) is 14.7. The number of allylic oxidation sites excluding steroid dienone is 4. The predicted molar refractivity (Wildman–Crippen MR) is 95.3 cm³/mol. The molecule has 0 atom stereocenters. The van der Waals surface area contributed by atoms with Gasteiger partial charge in [-0.3, -0.25) is 4.79 Å². The Bertz CT molecular complexity index is 789. The number of furan rings is 1. The van der Waals surface area contributed by atoms with Crippen LogP contribution in [-0.4, -0.2) is 11.1 Å². The van der Waals surface area contributed by atoms with Crippen LogP contribution in [0.2, 0.25) is 0 Å². The molecule has 0 radical (unpaired) electrons. The second-order valence-electron chi connectivity index (χ2n) is 6.20. The lowest BCUT2D eigenvalue weighted by atomic mass is 10.0. The van der Waals surface area contributed by atoms with Crippen LogP contribution in [0, 0.1) is 0 Å². The van der Waals surface area contributed by atoms with Gasteiger partial charge in [-0.05, 0) is 46.1 Å². The SMILES string of the molecule is CC(=O)Oc1c(CC=C(C)CCC=C(C)C)c(O)cc2occc12. The zero-order chi connectivity index (χ0) is 17.7.